The van der Waals surface area contributed by atoms with Crippen molar-refractivity contribution < 1.29 is 18.0 Å². The van der Waals surface area contributed by atoms with Gasteiger partial charge in [0.2, 0.25) is 15.9 Å². The van der Waals surface area contributed by atoms with Crippen LogP contribution in [0.1, 0.15) is 28.8 Å². The Morgan fingerprint density at radius 2 is 1.80 bits per heavy atom. The first kappa shape index (κ1) is 22.1. The number of hydrogen-bond donors (Lipinski definition) is 1. The number of nitrogens with zero attached hydrogens (tertiary/aromatic N) is 2. The first-order valence-electron chi connectivity index (χ1n) is 9.59. The molecule has 0 radical (unpaired) electrons. The maximum atomic E-state index is 12.8. The third-order valence-electron chi connectivity index (χ3n) is 4.96. The maximum Gasteiger partial charge on any atom is 0.255 e. The van der Waals surface area contributed by atoms with E-state index in [9.17, 15) is 18.0 Å². The Kier molecular flexibility index (Phi) is 6.67. The zero-order valence-electron chi connectivity index (χ0n) is 16.9. The highest BCUT2D eigenvalue weighted by molar-refractivity contribution is 7.92. The van der Waals surface area contributed by atoms with Crippen LogP contribution in [0.25, 0.3) is 0 Å². The SMILES string of the molecule is Cc1ccc(N(CC(=O)Nc2ccccc2C(=O)N2CCCC2)S(C)(=O)=O)cc1Cl. The highest BCUT2D eigenvalue weighted by atomic mass is 35.5. The van der Waals surface area contributed by atoms with Crippen LogP contribution in [0.4, 0.5) is 11.4 Å². The summed E-state index contributed by atoms with van der Waals surface area (Å²) in [6, 6.07) is 11.5. The molecule has 9 heteroatoms. The van der Waals surface area contributed by atoms with E-state index < -0.39 is 22.5 Å². The quantitative estimate of drug-likeness (QED) is 0.733. The van der Waals surface area contributed by atoms with E-state index in [4.69, 9.17) is 11.6 Å². The lowest BCUT2D eigenvalue weighted by Gasteiger charge is -2.23. The predicted molar refractivity (Wildman–Crippen MR) is 119 cm³/mol. The molecule has 30 heavy (non-hydrogen) atoms. The molecule has 1 fully saturated rings. The van der Waals surface area contributed by atoms with Crippen molar-refractivity contribution in [2.75, 3.05) is 35.5 Å². The molecule has 1 aliphatic rings. The third-order valence-corrected chi connectivity index (χ3v) is 6.50. The first-order valence-corrected chi connectivity index (χ1v) is 11.8. The van der Waals surface area contributed by atoms with Gasteiger partial charge in [-0.05, 0) is 49.6 Å². The van der Waals surface area contributed by atoms with E-state index in [2.05, 4.69) is 5.32 Å². The molecule has 0 bridgehead atoms. The number of amides is 2. The number of sulfonamides is 1. The molecule has 160 valence electrons. The number of halogens is 1. The second-order valence-corrected chi connectivity index (χ2v) is 9.61. The molecule has 1 heterocycles. The lowest BCUT2D eigenvalue weighted by atomic mass is 10.1. The number of carbonyl (C=O) groups excluding carboxylic acids is 2. The zero-order valence-corrected chi connectivity index (χ0v) is 18.5. The largest absolute Gasteiger partial charge is 0.339 e. The van der Waals surface area contributed by atoms with Crippen molar-refractivity contribution in [2.24, 2.45) is 0 Å². The fraction of sp³-hybridized carbons (Fsp3) is 0.333. The van der Waals surface area contributed by atoms with Crippen molar-refractivity contribution in [3.63, 3.8) is 0 Å². The Balaban J connectivity index is 1.81. The van der Waals surface area contributed by atoms with Gasteiger partial charge in [-0.15, -0.1) is 0 Å². The Morgan fingerprint density at radius 3 is 2.43 bits per heavy atom. The summed E-state index contributed by atoms with van der Waals surface area (Å²) in [6.45, 7) is 2.75. The number of rotatable bonds is 6. The highest BCUT2D eigenvalue weighted by Gasteiger charge is 2.24. The summed E-state index contributed by atoms with van der Waals surface area (Å²) in [7, 11) is -3.74. The van der Waals surface area contributed by atoms with E-state index in [-0.39, 0.29) is 5.91 Å². The second-order valence-electron chi connectivity index (χ2n) is 7.30. The van der Waals surface area contributed by atoms with Crippen LogP contribution in [-0.2, 0) is 14.8 Å². The smallest absolute Gasteiger partial charge is 0.255 e. The van der Waals surface area contributed by atoms with Crippen LogP contribution >= 0.6 is 11.6 Å². The second kappa shape index (κ2) is 9.06. The number of likely N-dealkylation sites (tertiary alicyclic amines) is 1. The van der Waals surface area contributed by atoms with Gasteiger partial charge in [0, 0.05) is 18.1 Å². The average Bonchev–Trinajstić information content (AvgIpc) is 3.22. The molecule has 0 unspecified atom stereocenters. The van der Waals surface area contributed by atoms with Crippen LogP contribution in [0.3, 0.4) is 0 Å². The van der Waals surface area contributed by atoms with Crippen LogP contribution in [0.5, 0.6) is 0 Å². The third kappa shape index (κ3) is 5.12. The van der Waals surface area contributed by atoms with Crippen molar-refractivity contribution in [3.8, 4) is 0 Å². The molecule has 2 aromatic rings. The lowest BCUT2D eigenvalue weighted by Crippen LogP contribution is -2.38. The van der Waals surface area contributed by atoms with E-state index in [0.717, 1.165) is 29.0 Å². The molecule has 0 spiro atoms. The van der Waals surface area contributed by atoms with Gasteiger partial charge < -0.3 is 10.2 Å². The summed E-state index contributed by atoms with van der Waals surface area (Å²) in [5.41, 5.74) is 1.84. The number of aryl methyl sites for hydroxylation is 1. The molecule has 7 nitrogen and oxygen atoms in total. The Bertz CT molecular complexity index is 1070. The highest BCUT2D eigenvalue weighted by Crippen LogP contribution is 2.25. The van der Waals surface area contributed by atoms with Gasteiger partial charge in [0.05, 0.1) is 23.2 Å². The van der Waals surface area contributed by atoms with Gasteiger partial charge in [-0.25, -0.2) is 8.42 Å². The molecule has 1 saturated heterocycles. The molecule has 0 aliphatic carbocycles. The van der Waals surface area contributed by atoms with Crippen LogP contribution in [0, 0.1) is 6.92 Å². The molecular formula is C21H24ClN3O4S. The molecule has 2 aromatic carbocycles. The number of nitrogens with one attached hydrogen (secondary N) is 1. The zero-order chi connectivity index (χ0) is 21.9. The van der Waals surface area contributed by atoms with Crippen LogP contribution < -0.4 is 9.62 Å². The molecule has 2 amide bonds. The van der Waals surface area contributed by atoms with Crippen molar-refractivity contribution in [3.05, 3.63) is 58.6 Å². The lowest BCUT2D eigenvalue weighted by molar-refractivity contribution is -0.114. The molecule has 1 N–H and O–H groups in total. The van der Waals surface area contributed by atoms with Gasteiger partial charge in [-0.3, -0.25) is 13.9 Å². The standard InChI is InChI=1S/C21H24ClN3O4S/c1-15-9-10-16(13-18(15)22)25(30(2,28)29)14-20(26)23-19-8-4-3-7-17(19)21(27)24-11-5-6-12-24/h3-4,7-10,13H,5-6,11-12,14H2,1-2H3,(H,23,26). The normalized spacial score (nSPS) is 13.9. The maximum absolute atomic E-state index is 12.8. The minimum atomic E-state index is -3.74. The number of benzene rings is 2. The van der Waals surface area contributed by atoms with E-state index in [1.165, 1.54) is 6.07 Å². The summed E-state index contributed by atoms with van der Waals surface area (Å²) in [5, 5.41) is 3.09. The summed E-state index contributed by atoms with van der Waals surface area (Å²) in [4.78, 5) is 27.2. The van der Waals surface area contributed by atoms with Gasteiger partial charge in [0.25, 0.3) is 5.91 Å². The van der Waals surface area contributed by atoms with Crippen LogP contribution in [0.2, 0.25) is 5.02 Å². The van der Waals surface area contributed by atoms with Gasteiger partial charge in [-0.2, -0.15) is 0 Å². The van der Waals surface area contributed by atoms with Gasteiger partial charge >= 0.3 is 0 Å². The van der Waals surface area contributed by atoms with Gasteiger partial charge in [-0.1, -0.05) is 29.8 Å². The monoisotopic (exact) mass is 449 g/mol. The average molecular weight is 450 g/mol. The van der Waals surface area contributed by atoms with E-state index in [1.54, 1.807) is 48.2 Å². The summed E-state index contributed by atoms with van der Waals surface area (Å²) >= 11 is 6.13. The molecule has 3 rings (SSSR count). The molecule has 1 aliphatic heterocycles. The number of para-hydroxylation sites is 1. The number of anilines is 2. The Morgan fingerprint density at radius 1 is 1.13 bits per heavy atom. The molecule has 0 saturated carbocycles. The van der Waals surface area contributed by atoms with Crippen LogP contribution in [-0.4, -0.2) is 51.0 Å². The Hall–Kier alpha value is -2.58. The summed E-state index contributed by atoms with van der Waals surface area (Å²) in [6.07, 6.45) is 2.95. The van der Waals surface area contributed by atoms with Gasteiger partial charge in [0.1, 0.15) is 6.54 Å². The minimum absolute atomic E-state index is 0.145. The van der Waals surface area contributed by atoms with E-state index in [0.29, 0.717) is 35.1 Å². The minimum Gasteiger partial charge on any atom is -0.339 e. The fourth-order valence-corrected chi connectivity index (χ4v) is 4.35. The predicted octanol–water partition coefficient (Wildman–Crippen LogP) is 3.29. The topological polar surface area (TPSA) is 86.8 Å². The van der Waals surface area contributed by atoms with Gasteiger partial charge in [0.15, 0.2) is 0 Å². The first-order chi connectivity index (χ1) is 14.2. The van der Waals surface area contributed by atoms with Crippen LogP contribution in [0.15, 0.2) is 42.5 Å². The molecule has 0 atom stereocenters. The summed E-state index contributed by atoms with van der Waals surface area (Å²) in [5.74, 6) is -0.701. The van der Waals surface area contributed by atoms with E-state index >= 15 is 0 Å². The number of hydrogen-bond acceptors (Lipinski definition) is 4. The summed E-state index contributed by atoms with van der Waals surface area (Å²) < 4.78 is 25.6. The van der Waals surface area contributed by atoms with Crippen molar-refractivity contribution >= 4 is 44.8 Å². The van der Waals surface area contributed by atoms with Crippen molar-refractivity contribution in [2.45, 2.75) is 19.8 Å². The van der Waals surface area contributed by atoms with E-state index in [1.807, 2.05) is 0 Å². The molecule has 0 aromatic heterocycles. The Labute approximate surface area is 181 Å². The van der Waals surface area contributed by atoms with Crippen molar-refractivity contribution in [1.29, 1.82) is 0 Å². The fourth-order valence-electron chi connectivity index (χ4n) is 3.33. The van der Waals surface area contributed by atoms with Crippen molar-refractivity contribution in [1.82, 2.24) is 4.90 Å². The molecular weight excluding hydrogens is 426 g/mol. The number of carbonyl (C=O) groups is 2.